The molecule has 0 saturated heterocycles. The molecule has 138 valence electrons. The molecular formula is C23H24N2O2. The van der Waals surface area contributed by atoms with Crippen LogP contribution in [0.25, 0.3) is 0 Å². The van der Waals surface area contributed by atoms with Crippen LogP contribution in [0, 0.1) is 6.92 Å². The van der Waals surface area contributed by atoms with Gasteiger partial charge >= 0.3 is 0 Å². The predicted molar refractivity (Wildman–Crippen MR) is 110 cm³/mol. The summed E-state index contributed by atoms with van der Waals surface area (Å²) in [6, 6.07) is 15.8. The lowest BCUT2D eigenvalue weighted by molar-refractivity contribution is 0.217. The van der Waals surface area contributed by atoms with E-state index in [9.17, 15) is 5.11 Å². The third-order valence-corrected chi connectivity index (χ3v) is 4.59. The van der Waals surface area contributed by atoms with Gasteiger partial charge in [0.05, 0.1) is 0 Å². The van der Waals surface area contributed by atoms with Gasteiger partial charge in [-0.2, -0.15) is 0 Å². The van der Waals surface area contributed by atoms with E-state index < -0.39 is 6.10 Å². The highest BCUT2D eigenvalue weighted by Gasteiger charge is 2.26. The van der Waals surface area contributed by atoms with Crippen molar-refractivity contribution in [3.05, 3.63) is 101 Å². The summed E-state index contributed by atoms with van der Waals surface area (Å²) in [4.78, 5) is 4.22. The Hall–Kier alpha value is -3.11. The minimum absolute atomic E-state index is 0.486. The summed E-state index contributed by atoms with van der Waals surface area (Å²) in [5.41, 5.74) is 4.43. The molecule has 2 N–H and O–H groups in total. The second kappa shape index (κ2) is 8.52. The van der Waals surface area contributed by atoms with Crippen molar-refractivity contribution in [2.45, 2.75) is 19.6 Å². The zero-order chi connectivity index (χ0) is 19.2. The van der Waals surface area contributed by atoms with Crippen LogP contribution in [0.3, 0.4) is 0 Å². The van der Waals surface area contributed by atoms with E-state index in [2.05, 4.69) is 16.9 Å². The highest BCUT2D eigenvalue weighted by molar-refractivity contribution is 6.06. The van der Waals surface area contributed by atoms with Crippen LogP contribution in [0.1, 0.15) is 22.8 Å². The van der Waals surface area contributed by atoms with Crippen LogP contribution < -0.4 is 10.1 Å². The van der Waals surface area contributed by atoms with Crippen molar-refractivity contribution in [1.29, 1.82) is 0 Å². The molecule has 2 aromatic rings. The van der Waals surface area contributed by atoms with E-state index in [1.807, 2.05) is 61.5 Å². The van der Waals surface area contributed by atoms with E-state index in [1.165, 1.54) is 0 Å². The zero-order valence-corrected chi connectivity index (χ0v) is 15.6. The Kier molecular flexibility index (Phi) is 5.89. The smallest absolute Gasteiger partial charge is 0.132 e. The van der Waals surface area contributed by atoms with Crippen molar-refractivity contribution in [3.8, 4) is 5.75 Å². The molecule has 0 bridgehead atoms. The SMILES string of the molecule is C=C/C=C1/C(C(O)c2cccc(OCc3ccccc3)c2C)=CNC1=NC. The van der Waals surface area contributed by atoms with Gasteiger partial charge in [0.1, 0.15) is 24.3 Å². The molecule has 1 unspecified atom stereocenters. The number of aliphatic imine (C=N–C) groups is 1. The molecule has 1 heterocycles. The molecule has 2 aromatic carbocycles. The summed E-state index contributed by atoms with van der Waals surface area (Å²) in [6.07, 6.45) is 4.55. The van der Waals surface area contributed by atoms with Crippen LogP contribution in [0.5, 0.6) is 5.75 Å². The minimum atomic E-state index is -0.789. The summed E-state index contributed by atoms with van der Waals surface area (Å²) in [5, 5.41) is 14.1. The van der Waals surface area contributed by atoms with Crippen molar-refractivity contribution in [2.24, 2.45) is 4.99 Å². The molecule has 0 aromatic heterocycles. The third-order valence-electron chi connectivity index (χ3n) is 4.59. The van der Waals surface area contributed by atoms with Gasteiger partial charge in [0.15, 0.2) is 0 Å². The standard InChI is InChI=1S/C23H24N2O2/c1-4-9-19-20(14-25-23(19)24-3)22(26)18-12-8-13-21(16(18)2)27-15-17-10-6-5-7-11-17/h4-14,22,26H,1,15H2,2-3H3,(H,24,25)/b19-9-. The second-order valence-electron chi connectivity index (χ2n) is 6.28. The Morgan fingerprint density at radius 2 is 1.96 bits per heavy atom. The van der Waals surface area contributed by atoms with Gasteiger partial charge in [0.25, 0.3) is 0 Å². The maximum Gasteiger partial charge on any atom is 0.132 e. The normalized spacial score (nSPS) is 17.5. The van der Waals surface area contributed by atoms with Crippen molar-refractivity contribution in [1.82, 2.24) is 5.32 Å². The lowest BCUT2D eigenvalue weighted by Crippen LogP contribution is -2.13. The first-order chi connectivity index (χ1) is 13.2. The number of benzene rings is 2. The summed E-state index contributed by atoms with van der Waals surface area (Å²) in [7, 11) is 1.71. The highest BCUT2D eigenvalue weighted by atomic mass is 16.5. The van der Waals surface area contributed by atoms with E-state index in [1.54, 1.807) is 19.3 Å². The fraction of sp³-hybridized carbons (Fsp3) is 0.174. The topological polar surface area (TPSA) is 53.9 Å². The quantitative estimate of drug-likeness (QED) is 0.810. The number of ether oxygens (including phenoxy) is 1. The van der Waals surface area contributed by atoms with Gasteiger partial charge in [-0.25, -0.2) is 0 Å². The van der Waals surface area contributed by atoms with Crippen LogP contribution in [0.2, 0.25) is 0 Å². The van der Waals surface area contributed by atoms with Gasteiger partial charge in [0, 0.05) is 24.4 Å². The van der Waals surface area contributed by atoms with Crippen LogP contribution >= 0.6 is 0 Å². The summed E-state index contributed by atoms with van der Waals surface area (Å²) in [6.45, 7) is 6.21. The monoisotopic (exact) mass is 360 g/mol. The fourth-order valence-corrected chi connectivity index (χ4v) is 3.13. The summed E-state index contributed by atoms with van der Waals surface area (Å²) in [5.74, 6) is 1.48. The van der Waals surface area contributed by atoms with E-state index in [0.717, 1.165) is 39.4 Å². The van der Waals surface area contributed by atoms with E-state index >= 15 is 0 Å². The molecule has 1 aliphatic heterocycles. The molecule has 1 atom stereocenters. The lowest BCUT2D eigenvalue weighted by Gasteiger charge is -2.18. The number of rotatable bonds is 6. The number of hydrogen-bond donors (Lipinski definition) is 2. The molecule has 0 amide bonds. The Bertz CT molecular complexity index is 911. The molecule has 0 aliphatic carbocycles. The minimum Gasteiger partial charge on any atom is -0.489 e. The number of allylic oxidation sites excluding steroid dienone is 2. The molecule has 0 radical (unpaired) electrons. The first kappa shape index (κ1) is 18.7. The Balaban J connectivity index is 1.85. The van der Waals surface area contributed by atoms with Gasteiger partial charge in [-0.05, 0) is 29.7 Å². The molecule has 0 spiro atoms. The molecule has 4 nitrogen and oxygen atoms in total. The Morgan fingerprint density at radius 1 is 1.19 bits per heavy atom. The maximum absolute atomic E-state index is 11.0. The third kappa shape index (κ3) is 4.01. The van der Waals surface area contributed by atoms with Crippen molar-refractivity contribution >= 4 is 5.84 Å². The molecule has 0 saturated carbocycles. The van der Waals surface area contributed by atoms with E-state index in [0.29, 0.717) is 6.61 Å². The van der Waals surface area contributed by atoms with Gasteiger partial charge in [-0.3, -0.25) is 4.99 Å². The largest absolute Gasteiger partial charge is 0.489 e. The number of aliphatic hydroxyl groups is 1. The van der Waals surface area contributed by atoms with E-state index in [4.69, 9.17) is 4.74 Å². The van der Waals surface area contributed by atoms with Gasteiger partial charge in [0.2, 0.25) is 0 Å². The van der Waals surface area contributed by atoms with Gasteiger partial charge < -0.3 is 15.2 Å². The van der Waals surface area contributed by atoms with Crippen LogP contribution in [0.15, 0.2) is 89.6 Å². The first-order valence-corrected chi connectivity index (χ1v) is 8.87. The van der Waals surface area contributed by atoms with Crippen molar-refractivity contribution < 1.29 is 9.84 Å². The predicted octanol–water partition coefficient (Wildman–Crippen LogP) is 4.24. The number of aliphatic hydroxyl groups excluding tert-OH is 1. The number of nitrogens with one attached hydrogen (secondary N) is 1. The highest BCUT2D eigenvalue weighted by Crippen LogP contribution is 2.35. The van der Waals surface area contributed by atoms with Gasteiger partial charge in [-0.15, -0.1) is 0 Å². The Morgan fingerprint density at radius 3 is 2.67 bits per heavy atom. The number of hydrogen-bond acceptors (Lipinski definition) is 3. The lowest BCUT2D eigenvalue weighted by atomic mass is 9.93. The Labute approximate surface area is 160 Å². The zero-order valence-electron chi connectivity index (χ0n) is 15.6. The molecule has 1 aliphatic rings. The molecule has 3 rings (SSSR count). The summed E-state index contributed by atoms with van der Waals surface area (Å²) >= 11 is 0. The van der Waals surface area contributed by atoms with Crippen LogP contribution in [0.4, 0.5) is 0 Å². The van der Waals surface area contributed by atoms with Crippen LogP contribution in [-0.2, 0) is 6.61 Å². The van der Waals surface area contributed by atoms with Crippen LogP contribution in [-0.4, -0.2) is 18.0 Å². The maximum atomic E-state index is 11.0. The van der Waals surface area contributed by atoms with E-state index in [-0.39, 0.29) is 0 Å². The number of amidine groups is 1. The fourth-order valence-electron chi connectivity index (χ4n) is 3.13. The van der Waals surface area contributed by atoms with Crippen molar-refractivity contribution in [2.75, 3.05) is 7.05 Å². The average Bonchev–Trinajstić information content (AvgIpc) is 3.10. The average molecular weight is 360 g/mol. The second-order valence-corrected chi connectivity index (χ2v) is 6.28. The molecule has 0 fully saturated rings. The van der Waals surface area contributed by atoms with Crippen molar-refractivity contribution in [3.63, 3.8) is 0 Å². The summed E-state index contributed by atoms with van der Waals surface area (Å²) < 4.78 is 5.99. The first-order valence-electron chi connectivity index (χ1n) is 8.87. The molecule has 27 heavy (non-hydrogen) atoms. The molecule has 4 heteroatoms. The number of nitrogens with zero attached hydrogens (tertiary/aromatic N) is 1. The molecular weight excluding hydrogens is 336 g/mol. The van der Waals surface area contributed by atoms with Gasteiger partial charge in [-0.1, -0.05) is 61.2 Å².